The molecule has 2 aromatic carbocycles. The first kappa shape index (κ1) is 18.8. The van der Waals surface area contributed by atoms with Crippen LogP contribution < -0.4 is 4.74 Å². The van der Waals surface area contributed by atoms with Crippen molar-refractivity contribution in [2.24, 2.45) is 0 Å². The average Bonchev–Trinajstić information content (AvgIpc) is 3.07. The van der Waals surface area contributed by atoms with Crippen molar-refractivity contribution in [3.05, 3.63) is 78.1 Å². The molecule has 0 saturated heterocycles. The topological polar surface area (TPSA) is 122 Å². The Bertz CT molecular complexity index is 986. The molecular weight excluding hydrogens is 446 g/mol. The Hall–Kier alpha value is -2.98. The van der Waals surface area contributed by atoms with Crippen LogP contribution in [0.15, 0.2) is 51.6 Å². The smallest absolute Gasteiger partial charge is 0.277 e. The van der Waals surface area contributed by atoms with Gasteiger partial charge in [0.25, 0.3) is 11.4 Å². The summed E-state index contributed by atoms with van der Waals surface area (Å²) in [5.74, 6) is 0.512. The highest BCUT2D eigenvalue weighted by atomic mass is 79.9. The number of aromatic nitrogens is 1. The minimum Gasteiger partial charge on any atom is -0.487 e. The van der Waals surface area contributed by atoms with Crippen molar-refractivity contribution in [1.29, 1.82) is 0 Å². The summed E-state index contributed by atoms with van der Waals surface area (Å²) in [5, 5.41) is 22.4. The fourth-order valence-corrected chi connectivity index (χ4v) is 3.03. The fraction of sp³-hybridized carbons (Fsp3) is 0.0625. The number of ether oxygens (including phenoxy) is 1. The minimum atomic E-state index is -0.722. The Labute approximate surface area is 165 Å². The SMILES string of the molecule is O=[N+]([O-])c1cc(-c2nc(COc3cc(Cl)cc(Br)c3)co2)cc([N+](=O)[O-])c1. The summed E-state index contributed by atoms with van der Waals surface area (Å²) < 4.78 is 11.6. The maximum Gasteiger partial charge on any atom is 0.277 e. The average molecular weight is 455 g/mol. The van der Waals surface area contributed by atoms with Crippen molar-refractivity contribution in [3.63, 3.8) is 0 Å². The summed E-state index contributed by atoms with van der Waals surface area (Å²) in [5.41, 5.74) is -0.346. The molecule has 3 aromatic rings. The van der Waals surface area contributed by atoms with E-state index in [2.05, 4.69) is 20.9 Å². The van der Waals surface area contributed by atoms with Crippen LogP contribution in [0.25, 0.3) is 11.5 Å². The van der Waals surface area contributed by atoms with Crippen LogP contribution in [-0.4, -0.2) is 14.8 Å². The van der Waals surface area contributed by atoms with Gasteiger partial charge in [0, 0.05) is 21.6 Å². The molecule has 138 valence electrons. The standard InChI is InChI=1S/C16H9BrClN3O6/c17-10-3-11(18)5-15(4-10)26-7-12-8-27-16(19-12)9-1-13(20(22)23)6-14(2-9)21(24)25/h1-6,8H,7H2. The Morgan fingerprint density at radius 1 is 1.07 bits per heavy atom. The van der Waals surface area contributed by atoms with Gasteiger partial charge in [0.15, 0.2) is 0 Å². The zero-order valence-corrected chi connectivity index (χ0v) is 15.6. The second-order valence-corrected chi connectivity index (χ2v) is 6.64. The number of rotatable bonds is 6. The van der Waals surface area contributed by atoms with Gasteiger partial charge >= 0.3 is 0 Å². The normalized spacial score (nSPS) is 10.6. The number of oxazole rings is 1. The van der Waals surface area contributed by atoms with Gasteiger partial charge in [-0.3, -0.25) is 20.2 Å². The summed E-state index contributed by atoms with van der Waals surface area (Å²) in [6.45, 7) is 0.0489. The Morgan fingerprint density at radius 3 is 2.33 bits per heavy atom. The van der Waals surface area contributed by atoms with Crippen molar-refractivity contribution in [2.45, 2.75) is 6.61 Å². The van der Waals surface area contributed by atoms with E-state index in [0.29, 0.717) is 16.5 Å². The molecule has 9 nitrogen and oxygen atoms in total. The third-order valence-corrected chi connectivity index (χ3v) is 4.02. The number of halogens is 2. The molecule has 11 heteroatoms. The van der Waals surface area contributed by atoms with E-state index in [1.165, 1.54) is 6.26 Å². The number of hydrogen-bond donors (Lipinski definition) is 0. The van der Waals surface area contributed by atoms with Gasteiger partial charge in [-0.2, -0.15) is 0 Å². The molecule has 0 atom stereocenters. The van der Waals surface area contributed by atoms with Crippen molar-refractivity contribution >= 4 is 38.9 Å². The molecule has 0 aliphatic rings. The van der Waals surface area contributed by atoms with E-state index < -0.39 is 21.2 Å². The number of non-ortho nitro benzene ring substituents is 2. The maximum absolute atomic E-state index is 11.0. The van der Waals surface area contributed by atoms with Gasteiger partial charge in [-0.25, -0.2) is 4.98 Å². The molecule has 0 aliphatic heterocycles. The zero-order valence-electron chi connectivity index (χ0n) is 13.3. The highest BCUT2D eigenvalue weighted by molar-refractivity contribution is 9.10. The molecular formula is C16H9BrClN3O6. The van der Waals surface area contributed by atoms with Crippen molar-refractivity contribution < 1.29 is 19.0 Å². The lowest BCUT2D eigenvalue weighted by Crippen LogP contribution is -1.96. The Balaban J connectivity index is 1.83. The molecule has 3 rings (SSSR count). The van der Waals surface area contributed by atoms with Crippen LogP contribution in [0.5, 0.6) is 5.75 Å². The molecule has 27 heavy (non-hydrogen) atoms. The van der Waals surface area contributed by atoms with Crippen LogP contribution in [0.1, 0.15) is 5.69 Å². The van der Waals surface area contributed by atoms with Gasteiger partial charge in [0.2, 0.25) is 5.89 Å². The van der Waals surface area contributed by atoms with E-state index in [1.807, 2.05) is 0 Å². The highest BCUT2D eigenvalue weighted by Crippen LogP contribution is 2.30. The van der Waals surface area contributed by atoms with Crippen LogP contribution in [0, 0.1) is 20.2 Å². The molecule has 0 amide bonds. The van der Waals surface area contributed by atoms with Crippen LogP contribution >= 0.6 is 27.5 Å². The molecule has 1 aromatic heterocycles. The number of nitrogens with zero attached hydrogens (tertiary/aromatic N) is 3. The minimum absolute atomic E-state index is 0.00711. The van der Waals surface area contributed by atoms with E-state index in [0.717, 1.165) is 22.7 Å². The van der Waals surface area contributed by atoms with Gasteiger partial charge in [0.1, 0.15) is 24.3 Å². The van der Waals surface area contributed by atoms with Crippen LogP contribution in [0.4, 0.5) is 11.4 Å². The summed E-state index contributed by atoms with van der Waals surface area (Å²) in [7, 11) is 0. The Morgan fingerprint density at radius 2 is 1.74 bits per heavy atom. The lowest BCUT2D eigenvalue weighted by molar-refractivity contribution is -0.394. The largest absolute Gasteiger partial charge is 0.487 e. The lowest BCUT2D eigenvalue weighted by atomic mass is 10.1. The van der Waals surface area contributed by atoms with Crippen molar-refractivity contribution in [2.75, 3.05) is 0 Å². The lowest BCUT2D eigenvalue weighted by Gasteiger charge is -2.05. The number of hydrogen-bond acceptors (Lipinski definition) is 7. The van der Waals surface area contributed by atoms with E-state index >= 15 is 0 Å². The second kappa shape index (κ2) is 7.72. The van der Waals surface area contributed by atoms with E-state index in [9.17, 15) is 20.2 Å². The first-order chi connectivity index (χ1) is 12.8. The number of benzene rings is 2. The summed E-state index contributed by atoms with van der Waals surface area (Å²) >= 11 is 9.24. The summed E-state index contributed by atoms with van der Waals surface area (Å²) in [6.07, 6.45) is 1.31. The molecule has 1 heterocycles. The quantitative estimate of drug-likeness (QED) is 0.373. The van der Waals surface area contributed by atoms with E-state index in [-0.39, 0.29) is 18.1 Å². The van der Waals surface area contributed by atoms with Crippen molar-refractivity contribution in [1.82, 2.24) is 4.98 Å². The fourth-order valence-electron chi connectivity index (χ4n) is 2.20. The third kappa shape index (κ3) is 4.60. The van der Waals surface area contributed by atoms with Gasteiger partial charge in [0.05, 0.1) is 21.5 Å². The van der Waals surface area contributed by atoms with Crippen LogP contribution in [0.2, 0.25) is 5.02 Å². The zero-order chi connectivity index (χ0) is 19.6. The van der Waals surface area contributed by atoms with Crippen LogP contribution in [0.3, 0.4) is 0 Å². The second-order valence-electron chi connectivity index (χ2n) is 5.29. The number of nitro benzene ring substituents is 2. The van der Waals surface area contributed by atoms with Gasteiger partial charge < -0.3 is 9.15 Å². The maximum atomic E-state index is 11.0. The predicted octanol–water partition coefficient (Wildman–Crippen LogP) is 5.15. The van der Waals surface area contributed by atoms with Crippen LogP contribution in [-0.2, 0) is 6.61 Å². The first-order valence-electron chi connectivity index (χ1n) is 7.29. The van der Waals surface area contributed by atoms with Gasteiger partial charge in [-0.1, -0.05) is 27.5 Å². The monoisotopic (exact) mass is 453 g/mol. The first-order valence-corrected chi connectivity index (χ1v) is 8.46. The van der Waals surface area contributed by atoms with Gasteiger partial charge in [-0.15, -0.1) is 0 Å². The summed E-state index contributed by atoms with van der Waals surface area (Å²) in [6, 6.07) is 8.22. The predicted molar refractivity (Wildman–Crippen MR) is 98.7 cm³/mol. The van der Waals surface area contributed by atoms with E-state index in [4.69, 9.17) is 20.8 Å². The van der Waals surface area contributed by atoms with Crippen molar-refractivity contribution in [3.8, 4) is 17.2 Å². The Kier molecular flexibility index (Phi) is 5.38. The highest BCUT2D eigenvalue weighted by Gasteiger charge is 2.19. The number of nitro groups is 2. The molecule has 0 radical (unpaired) electrons. The molecule has 0 fully saturated rings. The molecule has 0 N–H and O–H groups in total. The molecule has 0 aliphatic carbocycles. The van der Waals surface area contributed by atoms with E-state index in [1.54, 1.807) is 18.2 Å². The molecule has 0 unspecified atom stereocenters. The molecule has 0 bridgehead atoms. The molecule has 0 saturated carbocycles. The molecule has 0 spiro atoms. The van der Waals surface area contributed by atoms with Gasteiger partial charge in [-0.05, 0) is 18.2 Å². The third-order valence-electron chi connectivity index (χ3n) is 3.35. The summed E-state index contributed by atoms with van der Waals surface area (Å²) in [4.78, 5) is 24.7.